The highest BCUT2D eigenvalue weighted by Crippen LogP contribution is 2.18. The maximum Gasteiger partial charge on any atom is 0.306 e. The molecule has 0 bridgehead atoms. The Balaban J connectivity index is 2.23. The molecule has 1 saturated heterocycles. The summed E-state index contributed by atoms with van der Waals surface area (Å²) in [5, 5.41) is 0. The van der Waals surface area contributed by atoms with Gasteiger partial charge in [0.05, 0.1) is 13.0 Å². The molecule has 1 heterocycles. The molecule has 0 saturated carbocycles. The van der Waals surface area contributed by atoms with Crippen LogP contribution in [-0.2, 0) is 14.3 Å². The molecular weight excluding hydrogens is 170 g/mol. The lowest BCUT2D eigenvalue weighted by atomic mass is 10.1. The van der Waals surface area contributed by atoms with E-state index in [9.17, 15) is 9.59 Å². The second-order valence-corrected chi connectivity index (χ2v) is 3.26. The van der Waals surface area contributed by atoms with E-state index in [1.165, 1.54) is 0 Å². The van der Waals surface area contributed by atoms with Gasteiger partial charge in [0, 0.05) is 13.1 Å². The third-order valence-corrected chi connectivity index (χ3v) is 2.23. The number of carbonyl (C=O) groups excluding carboxylic acids is 2. The van der Waals surface area contributed by atoms with E-state index in [1.54, 1.807) is 11.8 Å². The molecule has 0 N–H and O–H groups in total. The molecule has 0 aromatic heterocycles. The molecular formula is C9H15NO3. The summed E-state index contributed by atoms with van der Waals surface area (Å²) < 4.78 is 4.83. The van der Waals surface area contributed by atoms with E-state index in [-0.39, 0.29) is 5.97 Å². The summed E-state index contributed by atoms with van der Waals surface area (Å²) in [5.74, 6) is 0.143. The molecule has 0 aromatic rings. The van der Waals surface area contributed by atoms with Gasteiger partial charge in [-0.1, -0.05) is 0 Å². The van der Waals surface area contributed by atoms with Crippen LogP contribution >= 0.6 is 0 Å². The van der Waals surface area contributed by atoms with E-state index in [1.807, 2.05) is 0 Å². The third-order valence-electron chi connectivity index (χ3n) is 2.23. The number of ether oxygens (including phenoxy) is 1. The lowest BCUT2D eigenvalue weighted by molar-refractivity contribution is -0.144. The van der Waals surface area contributed by atoms with E-state index in [0.717, 1.165) is 19.4 Å². The summed E-state index contributed by atoms with van der Waals surface area (Å²) in [5.41, 5.74) is 0. The average molecular weight is 185 g/mol. The van der Waals surface area contributed by atoms with Gasteiger partial charge in [0.1, 0.15) is 0 Å². The molecule has 0 aromatic carbocycles. The maximum atomic E-state index is 11.1. The van der Waals surface area contributed by atoms with Crippen molar-refractivity contribution in [2.75, 3.05) is 19.7 Å². The van der Waals surface area contributed by atoms with Gasteiger partial charge in [0.15, 0.2) is 0 Å². The van der Waals surface area contributed by atoms with Gasteiger partial charge in [0.25, 0.3) is 0 Å². The summed E-state index contributed by atoms with van der Waals surface area (Å²) in [6.45, 7) is 3.70. The van der Waals surface area contributed by atoms with Crippen molar-refractivity contribution in [1.82, 2.24) is 4.90 Å². The first kappa shape index (κ1) is 10.0. The number of carbonyl (C=O) groups is 2. The fraction of sp³-hybridized carbons (Fsp3) is 0.778. The number of likely N-dealkylation sites (tertiary alicyclic amines) is 1. The Morgan fingerprint density at radius 3 is 3.00 bits per heavy atom. The zero-order valence-electron chi connectivity index (χ0n) is 7.86. The fourth-order valence-corrected chi connectivity index (χ4v) is 1.58. The largest absolute Gasteiger partial charge is 0.466 e. The van der Waals surface area contributed by atoms with Crippen molar-refractivity contribution < 1.29 is 14.3 Å². The van der Waals surface area contributed by atoms with Crippen molar-refractivity contribution in [3.05, 3.63) is 0 Å². The molecule has 0 radical (unpaired) electrons. The van der Waals surface area contributed by atoms with Gasteiger partial charge in [-0.15, -0.1) is 0 Å². The van der Waals surface area contributed by atoms with Gasteiger partial charge in [-0.3, -0.25) is 9.59 Å². The summed E-state index contributed by atoms with van der Waals surface area (Å²) in [6, 6.07) is 0. The van der Waals surface area contributed by atoms with Gasteiger partial charge in [-0.25, -0.2) is 0 Å². The number of hydrogen-bond acceptors (Lipinski definition) is 3. The lowest BCUT2D eigenvalue weighted by Gasteiger charge is -2.09. The summed E-state index contributed by atoms with van der Waals surface area (Å²) >= 11 is 0. The van der Waals surface area contributed by atoms with Gasteiger partial charge >= 0.3 is 5.97 Å². The smallest absolute Gasteiger partial charge is 0.306 e. The zero-order valence-corrected chi connectivity index (χ0v) is 7.86. The van der Waals surface area contributed by atoms with E-state index in [2.05, 4.69) is 0 Å². The summed E-state index contributed by atoms with van der Waals surface area (Å²) in [6.07, 6.45) is 2.20. The van der Waals surface area contributed by atoms with Crippen LogP contribution in [0.1, 0.15) is 19.8 Å². The molecule has 1 aliphatic heterocycles. The average Bonchev–Trinajstić information content (AvgIpc) is 2.52. The predicted molar refractivity (Wildman–Crippen MR) is 47.0 cm³/mol. The van der Waals surface area contributed by atoms with Crippen LogP contribution in [0.2, 0.25) is 0 Å². The van der Waals surface area contributed by atoms with Crippen molar-refractivity contribution in [2.45, 2.75) is 19.8 Å². The number of rotatable bonds is 4. The highest BCUT2D eigenvalue weighted by molar-refractivity contribution is 5.69. The molecule has 0 spiro atoms. The van der Waals surface area contributed by atoms with Gasteiger partial charge in [0.2, 0.25) is 6.41 Å². The highest BCUT2D eigenvalue weighted by Gasteiger charge is 2.23. The monoisotopic (exact) mass is 185 g/mol. The first-order valence-electron chi connectivity index (χ1n) is 4.61. The minimum Gasteiger partial charge on any atom is -0.466 e. The van der Waals surface area contributed by atoms with Crippen LogP contribution in [0, 0.1) is 5.92 Å². The van der Waals surface area contributed by atoms with E-state index >= 15 is 0 Å². The fourth-order valence-electron chi connectivity index (χ4n) is 1.58. The number of hydrogen-bond donors (Lipinski definition) is 0. The molecule has 0 aliphatic carbocycles. The van der Waals surface area contributed by atoms with E-state index < -0.39 is 0 Å². The maximum absolute atomic E-state index is 11.1. The first-order valence-corrected chi connectivity index (χ1v) is 4.61. The Morgan fingerprint density at radius 2 is 2.46 bits per heavy atom. The van der Waals surface area contributed by atoms with Crippen molar-refractivity contribution >= 4 is 12.4 Å². The second kappa shape index (κ2) is 4.84. The Morgan fingerprint density at radius 1 is 1.69 bits per heavy atom. The topological polar surface area (TPSA) is 46.6 Å². The van der Waals surface area contributed by atoms with Crippen molar-refractivity contribution in [2.24, 2.45) is 5.92 Å². The van der Waals surface area contributed by atoms with Gasteiger partial charge in [-0.2, -0.15) is 0 Å². The predicted octanol–water partition coefficient (Wildman–Crippen LogP) is 0.418. The Bertz CT molecular complexity index is 193. The quantitative estimate of drug-likeness (QED) is 0.471. The Kier molecular flexibility index (Phi) is 3.73. The molecule has 4 nitrogen and oxygen atoms in total. The van der Waals surface area contributed by atoms with Crippen LogP contribution in [0.3, 0.4) is 0 Å². The minimum absolute atomic E-state index is 0.153. The highest BCUT2D eigenvalue weighted by atomic mass is 16.5. The molecule has 1 fully saturated rings. The van der Waals surface area contributed by atoms with Crippen molar-refractivity contribution in [3.8, 4) is 0 Å². The first-order chi connectivity index (χ1) is 6.26. The number of amides is 1. The van der Waals surface area contributed by atoms with Crippen LogP contribution < -0.4 is 0 Å². The van der Waals surface area contributed by atoms with Crippen LogP contribution in [0.15, 0.2) is 0 Å². The molecule has 13 heavy (non-hydrogen) atoms. The number of esters is 1. The number of nitrogens with zero attached hydrogens (tertiary/aromatic N) is 1. The van der Waals surface area contributed by atoms with Crippen LogP contribution in [0.25, 0.3) is 0 Å². The van der Waals surface area contributed by atoms with Crippen molar-refractivity contribution in [3.63, 3.8) is 0 Å². The summed E-state index contributed by atoms with van der Waals surface area (Å²) in [4.78, 5) is 23.1. The molecule has 1 amide bonds. The van der Waals surface area contributed by atoms with Crippen molar-refractivity contribution in [1.29, 1.82) is 0 Å². The molecule has 1 rings (SSSR count). The molecule has 1 aliphatic rings. The van der Waals surface area contributed by atoms with E-state index in [0.29, 0.717) is 25.5 Å². The Hall–Kier alpha value is -1.06. The molecule has 1 atom stereocenters. The van der Waals surface area contributed by atoms with Gasteiger partial charge in [-0.05, 0) is 19.3 Å². The summed E-state index contributed by atoms with van der Waals surface area (Å²) in [7, 11) is 0. The lowest BCUT2D eigenvalue weighted by Crippen LogP contribution is -2.19. The van der Waals surface area contributed by atoms with E-state index in [4.69, 9.17) is 4.74 Å². The Labute approximate surface area is 77.8 Å². The second-order valence-electron chi connectivity index (χ2n) is 3.26. The molecule has 74 valence electrons. The zero-order chi connectivity index (χ0) is 9.68. The van der Waals surface area contributed by atoms with Crippen LogP contribution in [-0.4, -0.2) is 37.0 Å². The third kappa shape index (κ3) is 3.05. The minimum atomic E-state index is -0.153. The standard InChI is InChI=1S/C9H15NO3/c1-2-13-9(12)5-8-3-4-10(6-8)7-11/h7-8H,2-6H2,1H3. The normalized spacial score (nSPS) is 21.6. The molecule has 4 heteroatoms. The molecule has 1 unspecified atom stereocenters. The van der Waals surface area contributed by atoms with Crippen LogP contribution in [0.4, 0.5) is 0 Å². The SMILES string of the molecule is CCOC(=O)CC1CCN(C=O)C1. The van der Waals surface area contributed by atoms with Crippen LogP contribution in [0.5, 0.6) is 0 Å². The van der Waals surface area contributed by atoms with Gasteiger partial charge < -0.3 is 9.64 Å².